The zero-order valence-corrected chi connectivity index (χ0v) is 23.0. The fourth-order valence-corrected chi connectivity index (χ4v) is 5.52. The fourth-order valence-electron chi connectivity index (χ4n) is 4.09. The second-order valence-corrected chi connectivity index (χ2v) is 11.0. The Bertz CT molecular complexity index is 1310. The van der Waals surface area contributed by atoms with Crippen LogP contribution < -0.4 is 14.4 Å². The molecule has 0 spiro atoms. The maximum Gasteiger partial charge on any atom is 0.264 e. The molecule has 0 saturated heterocycles. The van der Waals surface area contributed by atoms with E-state index in [4.69, 9.17) is 4.74 Å². The van der Waals surface area contributed by atoms with Crippen LogP contribution in [0, 0.1) is 0 Å². The van der Waals surface area contributed by atoms with Crippen LogP contribution in [-0.4, -0.2) is 50.9 Å². The van der Waals surface area contributed by atoms with Crippen molar-refractivity contribution in [3.8, 4) is 5.75 Å². The molecule has 1 atom stereocenters. The van der Waals surface area contributed by atoms with Gasteiger partial charge >= 0.3 is 0 Å². The van der Waals surface area contributed by atoms with Crippen molar-refractivity contribution in [1.29, 1.82) is 0 Å². The Balaban J connectivity index is 2.06. The predicted molar refractivity (Wildman–Crippen MR) is 148 cm³/mol. The van der Waals surface area contributed by atoms with E-state index in [2.05, 4.69) is 5.32 Å². The van der Waals surface area contributed by atoms with Crippen molar-refractivity contribution in [2.75, 3.05) is 18.0 Å². The average Bonchev–Trinajstić information content (AvgIpc) is 2.92. The molecule has 9 heteroatoms. The molecule has 0 aliphatic carbocycles. The van der Waals surface area contributed by atoms with E-state index in [0.29, 0.717) is 12.2 Å². The second kappa shape index (κ2) is 13.1. The number of benzene rings is 3. The summed E-state index contributed by atoms with van der Waals surface area (Å²) in [7, 11) is -2.64. The second-order valence-electron chi connectivity index (χ2n) is 9.12. The third kappa shape index (κ3) is 7.13. The van der Waals surface area contributed by atoms with Gasteiger partial charge in [-0.25, -0.2) is 8.42 Å². The van der Waals surface area contributed by atoms with Crippen LogP contribution in [0.2, 0.25) is 0 Å². The monoisotopic (exact) mass is 537 g/mol. The van der Waals surface area contributed by atoms with E-state index in [-0.39, 0.29) is 29.1 Å². The quantitative estimate of drug-likeness (QED) is 0.373. The molecule has 0 saturated carbocycles. The maximum atomic E-state index is 14.0. The molecule has 38 heavy (non-hydrogen) atoms. The van der Waals surface area contributed by atoms with E-state index in [1.54, 1.807) is 42.5 Å². The van der Waals surface area contributed by atoms with Crippen LogP contribution in [0.3, 0.4) is 0 Å². The number of carbonyl (C=O) groups excluding carboxylic acids is 2. The number of nitrogens with zero attached hydrogens (tertiary/aromatic N) is 2. The van der Waals surface area contributed by atoms with Crippen molar-refractivity contribution < 1.29 is 22.7 Å². The first kappa shape index (κ1) is 28.7. The van der Waals surface area contributed by atoms with E-state index in [1.165, 1.54) is 24.1 Å². The molecule has 0 aromatic heterocycles. The molecule has 3 aromatic rings. The summed E-state index contributed by atoms with van der Waals surface area (Å²) >= 11 is 0. The van der Waals surface area contributed by atoms with Crippen molar-refractivity contribution in [1.82, 2.24) is 10.2 Å². The molecular weight excluding hydrogens is 502 g/mol. The minimum atomic E-state index is -4.12. The van der Waals surface area contributed by atoms with Crippen LogP contribution in [0.5, 0.6) is 5.75 Å². The number of methoxy groups -OCH3 is 1. The number of nitrogens with one attached hydrogen (secondary N) is 1. The molecule has 0 aliphatic rings. The molecule has 202 valence electrons. The van der Waals surface area contributed by atoms with Gasteiger partial charge in [-0.15, -0.1) is 0 Å². The molecule has 1 N–H and O–H groups in total. The highest BCUT2D eigenvalue weighted by atomic mass is 32.2. The molecule has 0 bridgehead atoms. The number of amides is 2. The van der Waals surface area contributed by atoms with Crippen molar-refractivity contribution >= 4 is 27.5 Å². The van der Waals surface area contributed by atoms with Crippen LogP contribution >= 0.6 is 0 Å². The molecule has 3 rings (SSSR count). The SMILES string of the molecule is CC[C@@H](C(=O)NC(C)C)N(Cc1ccccc1)C(=O)CN(c1cccc(OC)c1)S(=O)(=O)c1ccccc1. The van der Waals surface area contributed by atoms with Gasteiger partial charge in [0, 0.05) is 18.7 Å². The minimum Gasteiger partial charge on any atom is -0.497 e. The lowest BCUT2D eigenvalue weighted by Gasteiger charge is -2.33. The Morgan fingerprint density at radius 1 is 0.921 bits per heavy atom. The highest BCUT2D eigenvalue weighted by Crippen LogP contribution is 2.27. The molecule has 3 aromatic carbocycles. The highest BCUT2D eigenvalue weighted by Gasteiger charge is 2.33. The van der Waals surface area contributed by atoms with E-state index < -0.39 is 28.5 Å². The maximum absolute atomic E-state index is 14.0. The third-order valence-corrected chi connectivity index (χ3v) is 7.75. The van der Waals surface area contributed by atoms with Gasteiger partial charge in [-0.2, -0.15) is 0 Å². The Morgan fingerprint density at radius 2 is 1.55 bits per heavy atom. The van der Waals surface area contributed by atoms with Crippen LogP contribution in [0.4, 0.5) is 5.69 Å². The molecular formula is C29H35N3O5S. The summed E-state index contributed by atoms with van der Waals surface area (Å²) in [6, 6.07) is 22.9. The normalized spacial score (nSPS) is 12.0. The van der Waals surface area contributed by atoms with Crippen LogP contribution in [0.15, 0.2) is 89.8 Å². The van der Waals surface area contributed by atoms with Gasteiger partial charge in [0.1, 0.15) is 18.3 Å². The van der Waals surface area contributed by atoms with Gasteiger partial charge in [0.25, 0.3) is 10.0 Å². The van der Waals surface area contributed by atoms with E-state index in [0.717, 1.165) is 9.87 Å². The smallest absolute Gasteiger partial charge is 0.264 e. The van der Waals surface area contributed by atoms with Gasteiger partial charge in [-0.05, 0) is 50.1 Å². The lowest BCUT2D eigenvalue weighted by Crippen LogP contribution is -2.53. The Labute approximate surface area is 225 Å². The summed E-state index contributed by atoms with van der Waals surface area (Å²) in [6.45, 7) is 5.19. The largest absolute Gasteiger partial charge is 0.497 e. The van der Waals surface area contributed by atoms with Gasteiger partial charge in [-0.3, -0.25) is 13.9 Å². The zero-order valence-electron chi connectivity index (χ0n) is 22.2. The van der Waals surface area contributed by atoms with Crippen LogP contribution in [0.25, 0.3) is 0 Å². The van der Waals surface area contributed by atoms with Crippen molar-refractivity contribution in [3.05, 3.63) is 90.5 Å². The molecule has 0 fully saturated rings. The number of ether oxygens (including phenoxy) is 1. The lowest BCUT2D eigenvalue weighted by atomic mass is 10.1. The van der Waals surface area contributed by atoms with Gasteiger partial charge in [-0.1, -0.05) is 61.5 Å². The molecule has 0 radical (unpaired) electrons. The molecule has 0 heterocycles. The first-order valence-corrected chi connectivity index (χ1v) is 14.0. The van der Waals surface area contributed by atoms with Gasteiger partial charge in [0.15, 0.2) is 0 Å². The van der Waals surface area contributed by atoms with Crippen molar-refractivity contribution in [3.63, 3.8) is 0 Å². The standard InChI is InChI=1S/C29H35N3O5S/c1-5-27(29(34)30-22(2)3)31(20-23-13-8-6-9-14-23)28(33)21-32(24-15-12-16-25(19-24)37-4)38(35,36)26-17-10-7-11-18-26/h6-19,22,27H,5,20-21H2,1-4H3,(H,30,34)/t27-/m0/s1. The molecule has 2 amide bonds. The summed E-state index contributed by atoms with van der Waals surface area (Å²) in [5, 5.41) is 2.89. The van der Waals surface area contributed by atoms with Gasteiger partial charge in [0.2, 0.25) is 11.8 Å². The molecule has 8 nitrogen and oxygen atoms in total. The Morgan fingerprint density at radius 3 is 2.13 bits per heavy atom. The first-order valence-electron chi connectivity index (χ1n) is 12.5. The predicted octanol–water partition coefficient (Wildman–Crippen LogP) is 4.22. The van der Waals surface area contributed by atoms with Crippen LogP contribution in [-0.2, 0) is 26.2 Å². The summed E-state index contributed by atoms with van der Waals surface area (Å²) in [6.07, 6.45) is 0.363. The van der Waals surface area contributed by atoms with Crippen molar-refractivity contribution in [2.24, 2.45) is 0 Å². The average molecular weight is 538 g/mol. The number of sulfonamides is 1. The number of hydrogen-bond acceptors (Lipinski definition) is 5. The number of hydrogen-bond donors (Lipinski definition) is 1. The first-order chi connectivity index (χ1) is 18.2. The minimum absolute atomic E-state index is 0.0508. The Kier molecular flexibility index (Phi) is 9.90. The number of anilines is 1. The topological polar surface area (TPSA) is 96.0 Å². The summed E-state index contributed by atoms with van der Waals surface area (Å²) < 4.78 is 34.0. The Hall–Kier alpha value is -3.85. The highest BCUT2D eigenvalue weighted by molar-refractivity contribution is 7.92. The summed E-state index contributed by atoms with van der Waals surface area (Å²) in [5.74, 6) is -0.334. The lowest BCUT2D eigenvalue weighted by molar-refractivity contribution is -0.140. The van der Waals surface area contributed by atoms with E-state index in [9.17, 15) is 18.0 Å². The fraction of sp³-hybridized carbons (Fsp3) is 0.310. The van der Waals surface area contributed by atoms with Gasteiger partial charge < -0.3 is 15.0 Å². The number of carbonyl (C=O) groups is 2. The third-order valence-electron chi connectivity index (χ3n) is 5.96. The van der Waals surface area contributed by atoms with Crippen LogP contribution in [0.1, 0.15) is 32.8 Å². The summed E-state index contributed by atoms with van der Waals surface area (Å²) in [4.78, 5) is 28.6. The number of rotatable bonds is 12. The zero-order chi connectivity index (χ0) is 27.7. The van der Waals surface area contributed by atoms with Crippen molar-refractivity contribution in [2.45, 2.75) is 50.7 Å². The van der Waals surface area contributed by atoms with E-state index >= 15 is 0 Å². The molecule has 0 aliphatic heterocycles. The molecule has 0 unspecified atom stereocenters. The van der Waals surface area contributed by atoms with Gasteiger partial charge in [0.05, 0.1) is 17.7 Å². The van der Waals surface area contributed by atoms with E-state index in [1.807, 2.05) is 51.1 Å². The summed E-state index contributed by atoms with van der Waals surface area (Å²) in [5.41, 5.74) is 1.11.